The predicted octanol–water partition coefficient (Wildman–Crippen LogP) is 3.35. The molecular formula is C18H18ClN5OS2. The Hall–Kier alpha value is -2.00. The Bertz CT molecular complexity index is 999. The van der Waals surface area contributed by atoms with E-state index >= 15 is 0 Å². The highest BCUT2D eigenvalue weighted by Crippen LogP contribution is 2.28. The average molecular weight is 420 g/mol. The van der Waals surface area contributed by atoms with Crippen LogP contribution in [-0.2, 0) is 11.3 Å². The monoisotopic (exact) mass is 419 g/mol. The molecule has 0 unspecified atom stereocenters. The van der Waals surface area contributed by atoms with Crippen molar-refractivity contribution in [2.45, 2.75) is 6.54 Å². The Kier molecular flexibility index (Phi) is 5.40. The molecule has 140 valence electrons. The van der Waals surface area contributed by atoms with Crippen LogP contribution in [0.25, 0.3) is 16.3 Å². The number of hydrogen-bond donors (Lipinski definition) is 1. The Morgan fingerprint density at radius 1 is 1.26 bits per heavy atom. The van der Waals surface area contributed by atoms with E-state index in [4.69, 9.17) is 17.3 Å². The highest BCUT2D eigenvalue weighted by atomic mass is 35.5. The number of anilines is 1. The van der Waals surface area contributed by atoms with E-state index in [2.05, 4.69) is 27.0 Å². The summed E-state index contributed by atoms with van der Waals surface area (Å²) in [6.45, 7) is 3.35. The van der Waals surface area contributed by atoms with Crippen LogP contribution in [0.5, 0.6) is 0 Å². The fourth-order valence-electron chi connectivity index (χ4n) is 3.00. The smallest absolute Gasteiger partial charge is 0.237 e. The molecule has 1 saturated heterocycles. The van der Waals surface area contributed by atoms with Crippen molar-refractivity contribution in [1.82, 2.24) is 19.8 Å². The van der Waals surface area contributed by atoms with Gasteiger partial charge in [0.05, 0.1) is 27.6 Å². The van der Waals surface area contributed by atoms with Gasteiger partial charge in [-0.05, 0) is 24.3 Å². The second-order valence-electron chi connectivity index (χ2n) is 6.28. The van der Waals surface area contributed by atoms with Gasteiger partial charge in [-0.25, -0.2) is 9.97 Å². The second kappa shape index (κ2) is 7.93. The van der Waals surface area contributed by atoms with E-state index in [1.54, 1.807) is 22.7 Å². The Balaban J connectivity index is 1.33. The van der Waals surface area contributed by atoms with Crippen LogP contribution in [0.1, 0.15) is 9.75 Å². The molecule has 1 aliphatic rings. The van der Waals surface area contributed by atoms with Gasteiger partial charge in [-0.15, -0.1) is 22.7 Å². The quantitative estimate of drug-likeness (QED) is 0.686. The van der Waals surface area contributed by atoms with Gasteiger partial charge in [0.25, 0.3) is 0 Å². The summed E-state index contributed by atoms with van der Waals surface area (Å²) in [4.78, 5) is 27.0. The fourth-order valence-corrected chi connectivity index (χ4v) is 5.02. The maximum absolute atomic E-state index is 12.5. The number of hydrogen-bond acceptors (Lipinski definition) is 7. The molecule has 0 atom stereocenters. The van der Waals surface area contributed by atoms with Crippen molar-refractivity contribution in [2.75, 3.05) is 31.9 Å². The number of carbonyl (C=O) groups excluding carboxylic acids is 1. The normalized spacial score (nSPS) is 16.0. The Morgan fingerprint density at radius 2 is 2.15 bits per heavy atom. The van der Waals surface area contributed by atoms with Crippen molar-refractivity contribution in [1.29, 1.82) is 0 Å². The summed E-state index contributed by atoms with van der Waals surface area (Å²) >= 11 is 9.04. The number of nitrogens with two attached hydrogens (primary N) is 1. The van der Waals surface area contributed by atoms with Gasteiger partial charge >= 0.3 is 0 Å². The minimum Gasteiger partial charge on any atom is -0.382 e. The molecular weight excluding hydrogens is 402 g/mol. The van der Waals surface area contributed by atoms with Gasteiger partial charge in [0, 0.05) is 29.4 Å². The number of amides is 1. The van der Waals surface area contributed by atoms with E-state index in [1.807, 2.05) is 23.1 Å². The topological polar surface area (TPSA) is 75.3 Å². The zero-order valence-electron chi connectivity index (χ0n) is 14.5. The number of aromatic nitrogens is 2. The van der Waals surface area contributed by atoms with Gasteiger partial charge in [-0.3, -0.25) is 9.69 Å². The van der Waals surface area contributed by atoms with E-state index < -0.39 is 0 Å². The minimum absolute atomic E-state index is 0.144. The third-order valence-corrected chi connectivity index (χ3v) is 6.70. The molecule has 3 aromatic rings. The van der Waals surface area contributed by atoms with Crippen molar-refractivity contribution in [3.8, 4) is 0 Å². The summed E-state index contributed by atoms with van der Waals surface area (Å²) in [7, 11) is 0. The van der Waals surface area contributed by atoms with Crippen LogP contribution in [0.15, 0.2) is 30.6 Å². The van der Waals surface area contributed by atoms with Crippen LogP contribution in [0.4, 0.5) is 5.82 Å². The molecule has 6 nitrogen and oxygen atoms in total. The van der Waals surface area contributed by atoms with E-state index in [0.29, 0.717) is 25.5 Å². The molecule has 4 heterocycles. The average Bonchev–Trinajstić information content (AvgIpc) is 3.24. The van der Waals surface area contributed by atoms with E-state index in [9.17, 15) is 4.79 Å². The first-order chi connectivity index (χ1) is 13.1. The SMILES string of the molecule is Nc1ncnc2cc(CN3CCN(C/C=C/c4ccc(Cl)s4)CC3=O)sc12. The molecule has 1 aliphatic heterocycles. The summed E-state index contributed by atoms with van der Waals surface area (Å²) < 4.78 is 1.67. The van der Waals surface area contributed by atoms with Crippen molar-refractivity contribution < 1.29 is 4.79 Å². The zero-order chi connectivity index (χ0) is 18.8. The third kappa shape index (κ3) is 4.30. The van der Waals surface area contributed by atoms with Crippen molar-refractivity contribution >= 4 is 62.3 Å². The molecule has 27 heavy (non-hydrogen) atoms. The second-order valence-corrected chi connectivity index (χ2v) is 9.16. The van der Waals surface area contributed by atoms with Gasteiger partial charge in [-0.2, -0.15) is 0 Å². The Morgan fingerprint density at radius 3 is 2.89 bits per heavy atom. The number of piperazine rings is 1. The number of thiophene rings is 2. The van der Waals surface area contributed by atoms with E-state index in [1.165, 1.54) is 6.33 Å². The molecule has 0 radical (unpaired) electrons. The molecule has 0 saturated carbocycles. The number of fused-ring (bicyclic) bond motifs is 1. The van der Waals surface area contributed by atoms with Gasteiger partial charge in [0.1, 0.15) is 12.1 Å². The predicted molar refractivity (Wildman–Crippen MR) is 112 cm³/mol. The number of nitrogen functional groups attached to an aromatic ring is 1. The highest BCUT2D eigenvalue weighted by Gasteiger charge is 2.24. The van der Waals surface area contributed by atoms with E-state index in [-0.39, 0.29) is 5.91 Å². The summed E-state index contributed by atoms with van der Waals surface area (Å²) in [6.07, 6.45) is 5.60. The van der Waals surface area contributed by atoms with E-state index in [0.717, 1.165) is 37.4 Å². The molecule has 9 heteroatoms. The number of halogens is 1. The minimum atomic E-state index is 0.144. The summed E-state index contributed by atoms with van der Waals surface area (Å²) in [5, 5.41) is 0. The van der Waals surface area contributed by atoms with Crippen molar-refractivity contribution in [2.24, 2.45) is 0 Å². The standard InChI is InChI=1S/C18H18ClN5OS2/c19-15-4-3-12(26-15)2-1-5-23-6-7-24(16(25)10-23)9-13-8-14-17(27-13)18(20)22-11-21-14/h1-4,8,11H,5-7,9-10H2,(H2,20,21,22)/b2-1+. The van der Waals surface area contributed by atoms with Crippen LogP contribution < -0.4 is 5.73 Å². The molecule has 0 aromatic carbocycles. The number of nitrogens with zero attached hydrogens (tertiary/aromatic N) is 4. The molecule has 2 N–H and O–H groups in total. The molecule has 0 bridgehead atoms. The first kappa shape index (κ1) is 18.4. The maximum atomic E-state index is 12.5. The van der Waals surface area contributed by atoms with Crippen LogP contribution in [0.2, 0.25) is 4.34 Å². The first-order valence-electron chi connectivity index (χ1n) is 8.49. The third-order valence-electron chi connectivity index (χ3n) is 4.37. The lowest BCUT2D eigenvalue weighted by atomic mass is 10.2. The summed E-state index contributed by atoms with van der Waals surface area (Å²) in [6, 6.07) is 5.88. The van der Waals surface area contributed by atoms with Gasteiger partial charge < -0.3 is 10.6 Å². The molecule has 0 aliphatic carbocycles. The van der Waals surface area contributed by atoms with Gasteiger partial charge in [0.15, 0.2) is 0 Å². The summed E-state index contributed by atoms with van der Waals surface area (Å²) in [5.74, 6) is 0.636. The molecule has 1 fully saturated rings. The first-order valence-corrected chi connectivity index (χ1v) is 10.5. The van der Waals surface area contributed by atoms with Crippen LogP contribution in [-0.4, -0.2) is 51.9 Å². The van der Waals surface area contributed by atoms with Gasteiger partial charge in [0.2, 0.25) is 5.91 Å². The molecule has 3 aromatic heterocycles. The van der Waals surface area contributed by atoms with Crippen LogP contribution in [0.3, 0.4) is 0 Å². The largest absolute Gasteiger partial charge is 0.382 e. The lowest BCUT2D eigenvalue weighted by Gasteiger charge is -2.33. The fraction of sp³-hybridized carbons (Fsp3) is 0.278. The molecule has 1 amide bonds. The van der Waals surface area contributed by atoms with Crippen molar-refractivity contribution in [3.05, 3.63) is 44.7 Å². The lowest BCUT2D eigenvalue weighted by Crippen LogP contribution is -2.49. The number of rotatable bonds is 5. The summed E-state index contributed by atoms with van der Waals surface area (Å²) in [5.41, 5.74) is 6.74. The lowest BCUT2D eigenvalue weighted by molar-refractivity contribution is -0.136. The number of carbonyl (C=O) groups is 1. The molecule has 0 spiro atoms. The maximum Gasteiger partial charge on any atom is 0.237 e. The van der Waals surface area contributed by atoms with Crippen LogP contribution >= 0.6 is 34.3 Å². The Labute approximate surface area is 169 Å². The van der Waals surface area contributed by atoms with Crippen LogP contribution in [0, 0.1) is 0 Å². The highest BCUT2D eigenvalue weighted by molar-refractivity contribution is 7.19. The zero-order valence-corrected chi connectivity index (χ0v) is 16.9. The molecule has 4 rings (SSSR count). The van der Waals surface area contributed by atoms with Gasteiger partial charge in [-0.1, -0.05) is 17.7 Å². The van der Waals surface area contributed by atoms with Crippen molar-refractivity contribution in [3.63, 3.8) is 0 Å².